The van der Waals surface area contributed by atoms with Crippen LogP contribution in [-0.4, -0.2) is 39.8 Å². The summed E-state index contributed by atoms with van der Waals surface area (Å²) < 4.78 is 12.6. The zero-order valence-electron chi connectivity index (χ0n) is 12.9. The third kappa shape index (κ3) is 2.72. The molecule has 0 spiro atoms. The second-order valence-electron chi connectivity index (χ2n) is 4.87. The number of nitrogens with zero attached hydrogens (tertiary/aromatic N) is 3. The summed E-state index contributed by atoms with van der Waals surface area (Å²) in [5, 5.41) is 11.2. The van der Waals surface area contributed by atoms with Crippen molar-refractivity contribution in [3.8, 4) is 11.5 Å². The lowest BCUT2D eigenvalue weighted by Gasteiger charge is -2.09. The van der Waals surface area contributed by atoms with Crippen LogP contribution in [0.2, 0.25) is 0 Å². The Balaban J connectivity index is 2.05. The number of aromatic nitrogens is 3. The first kappa shape index (κ1) is 15.3. The Morgan fingerprint density at radius 3 is 2.57 bits per heavy atom. The van der Waals surface area contributed by atoms with Gasteiger partial charge in [0.25, 0.3) is 0 Å². The fourth-order valence-electron chi connectivity index (χ4n) is 2.39. The Labute approximate surface area is 136 Å². The van der Waals surface area contributed by atoms with E-state index in [1.54, 1.807) is 14.2 Å². The average molecular weight is 333 g/mol. The van der Waals surface area contributed by atoms with Crippen LogP contribution in [0.15, 0.2) is 17.5 Å². The molecule has 1 aromatic carbocycles. The van der Waals surface area contributed by atoms with Crippen molar-refractivity contribution in [2.24, 2.45) is 0 Å². The predicted molar refractivity (Wildman–Crippen MR) is 85.7 cm³/mol. The Morgan fingerprint density at radius 2 is 1.96 bits per heavy atom. The smallest absolute Gasteiger partial charge is 0.355 e. The Morgan fingerprint density at radius 1 is 1.26 bits per heavy atom. The van der Waals surface area contributed by atoms with Crippen molar-refractivity contribution in [2.45, 2.75) is 13.5 Å². The monoisotopic (exact) mass is 333 g/mol. The number of imidazole rings is 1. The molecule has 0 fully saturated rings. The van der Waals surface area contributed by atoms with Gasteiger partial charge in [0.1, 0.15) is 10.8 Å². The molecule has 0 aliphatic carbocycles. The van der Waals surface area contributed by atoms with Crippen LogP contribution in [-0.2, 0) is 6.54 Å². The third-order valence-corrected chi connectivity index (χ3v) is 4.34. The van der Waals surface area contributed by atoms with E-state index in [1.807, 2.05) is 23.6 Å². The topological polar surface area (TPSA) is 86.5 Å². The summed E-state index contributed by atoms with van der Waals surface area (Å²) in [7, 11) is 3.16. The number of hydrogen-bond donors (Lipinski definition) is 1. The van der Waals surface area contributed by atoms with Gasteiger partial charge in [-0.25, -0.2) is 14.8 Å². The van der Waals surface area contributed by atoms with Crippen LogP contribution in [0.5, 0.6) is 11.5 Å². The van der Waals surface area contributed by atoms with Gasteiger partial charge in [0.2, 0.25) is 0 Å². The number of fused-ring (bicyclic) bond motifs is 1. The molecule has 0 unspecified atom stereocenters. The number of aryl methyl sites for hydroxylation is 1. The minimum atomic E-state index is -1.02. The number of ether oxygens (including phenoxy) is 2. The van der Waals surface area contributed by atoms with E-state index in [9.17, 15) is 4.79 Å². The normalized spacial score (nSPS) is 10.9. The van der Waals surface area contributed by atoms with Gasteiger partial charge < -0.3 is 19.1 Å². The number of aromatic carboxylic acids is 1. The van der Waals surface area contributed by atoms with Gasteiger partial charge in [0.15, 0.2) is 17.2 Å². The first-order chi connectivity index (χ1) is 11.0. The van der Waals surface area contributed by atoms with Crippen molar-refractivity contribution in [3.05, 3.63) is 34.0 Å². The molecular formula is C15H15N3O4S. The summed E-state index contributed by atoms with van der Waals surface area (Å²) >= 11 is 1.31. The van der Waals surface area contributed by atoms with E-state index in [-0.39, 0.29) is 5.69 Å². The van der Waals surface area contributed by atoms with Crippen LogP contribution in [0.4, 0.5) is 0 Å². The number of carbonyl (C=O) groups is 1. The average Bonchev–Trinajstić information content (AvgIpc) is 3.11. The summed E-state index contributed by atoms with van der Waals surface area (Å²) in [6.07, 6.45) is 0. The van der Waals surface area contributed by atoms with Crippen LogP contribution in [0, 0.1) is 6.92 Å². The second-order valence-corrected chi connectivity index (χ2v) is 5.82. The van der Waals surface area contributed by atoms with Gasteiger partial charge >= 0.3 is 5.97 Å². The molecule has 120 valence electrons. The van der Waals surface area contributed by atoms with Crippen molar-refractivity contribution in [3.63, 3.8) is 0 Å². The van der Waals surface area contributed by atoms with Crippen molar-refractivity contribution in [1.29, 1.82) is 0 Å². The minimum Gasteiger partial charge on any atom is -0.493 e. The first-order valence-electron chi connectivity index (χ1n) is 6.80. The number of methoxy groups -OCH3 is 2. The molecule has 8 heteroatoms. The van der Waals surface area contributed by atoms with Crippen molar-refractivity contribution < 1.29 is 19.4 Å². The Hall–Kier alpha value is -2.61. The number of carboxylic acids is 1. The number of hydrogen-bond acceptors (Lipinski definition) is 6. The molecule has 0 amide bonds. The Bertz CT molecular complexity index is 884. The summed E-state index contributed by atoms with van der Waals surface area (Å²) in [4.78, 5) is 19.6. The number of rotatable bonds is 5. The summed E-state index contributed by atoms with van der Waals surface area (Å²) in [5.74, 6) is 1.02. The van der Waals surface area contributed by atoms with Crippen LogP contribution in [0.3, 0.4) is 0 Å². The van der Waals surface area contributed by atoms with Crippen molar-refractivity contribution in [1.82, 2.24) is 14.5 Å². The molecule has 1 N–H and O–H groups in total. The molecule has 2 heterocycles. The summed E-state index contributed by atoms with van der Waals surface area (Å²) in [6.45, 7) is 2.35. The van der Waals surface area contributed by atoms with Crippen LogP contribution >= 0.6 is 11.3 Å². The van der Waals surface area contributed by atoms with Crippen molar-refractivity contribution >= 4 is 28.3 Å². The molecule has 0 saturated heterocycles. The molecule has 0 atom stereocenters. The molecule has 0 aliphatic rings. The highest BCUT2D eigenvalue weighted by Crippen LogP contribution is 2.32. The Kier molecular flexibility index (Phi) is 3.91. The van der Waals surface area contributed by atoms with E-state index >= 15 is 0 Å². The molecule has 0 saturated carbocycles. The molecule has 0 radical (unpaired) electrons. The van der Waals surface area contributed by atoms with Crippen LogP contribution < -0.4 is 9.47 Å². The fourth-order valence-corrected chi connectivity index (χ4v) is 3.14. The van der Waals surface area contributed by atoms with Gasteiger partial charge in [-0.2, -0.15) is 0 Å². The number of carboxylic acid groups (broad SMARTS) is 1. The standard InChI is InChI=1S/C15H15N3O4S/c1-8-16-9-4-12(21-2)13(22-3)5-11(9)18(8)6-14-17-10(7-23-14)15(19)20/h4-5,7H,6H2,1-3H3,(H,19,20). The van der Waals surface area contributed by atoms with Gasteiger partial charge in [-0.1, -0.05) is 0 Å². The maximum Gasteiger partial charge on any atom is 0.355 e. The molecule has 3 aromatic rings. The van der Waals surface area contributed by atoms with Gasteiger partial charge in [0, 0.05) is 17.5 Å². The second kappa shape index (κ2) is 5.88. The number of thiazole rings is 1. The summed E-state index contributed by atoms with van der Waals surface area (Å²) in [5.41, 5.74) is 1.73. The van der Waals surface area contributed by atoms with E-state index < -0.39 is 5.97 Å². The van der Waals surface area contributed by atoms with E-state index in [0.717, 1.165) is 16.9 Å². The maximum absolute atomic E-state index is 10.9. The third-order valence-electron chi connectivity index (χ3n) is 3.51. The highest BCUT2D eigenvalue weighted by atomic mass is 32.1. The van der Waals surface area contributed by atoms with Gasteiger partial charge in [-0.15, -0.1) is 11.3 Å². The molecule has 7 nitrogen and oxygen atoms in total. The fraction of sp³-hybridized carbons (Fsp3) is 0.267. The first-order valence-corrected chi connectivity index (χ1v) is 7.68. The highest BCUT2D eigenvalue weighted by Gasteiger charge is 2.15. The minimum absolute atomic E-state index is 0.0614. The maximum atomic E-state index is 10.9. The van der Waals surface area contributed by atoms with E-state index in [0.29, 0.717) is 23.1 Å². The molecular weight excluding hydrogens is 318 g/mol. The molecule has 0 bridgehead atoms. The molecule has 23 heavy (non-hydrogen) atoms. The van der Waals surface area contributed by atoms with Crippen LogP contribution in [0.25, 0.3) is 11.0 Å². The zero-order chi connectivity index (χ0) is 16.6. The lowest BCUT2D eigenvalue weighted by atomic mass is 10.2. The van der Waals surface area contributed by atoms with E-state index in [1.165, 1.54) is 16.7 Å². The highest BCUT2D eigenvalue weighted by molar-refractivity contribution is 7.09. The van der Waals surface area contributed by atoms with Gasteiger partial charge in [0.05, 0.1) is 31.8 Å². The predicted octanol–water partition coefficient (Wildman–Crippen LogP) is 2.56. The quantitative estimate of drug-likeness (QED) is 0.772. The molecule has 0 aliphatic heterocycles. The lowest BCUT2D eigenvalue weighted by Crippen LogP contribution is -2.03. The number of benzene rings is 1. The van der Waals surface area contributed by atoms with Gasteiger partial charge in [-0.05, 0) is 6.92 Å². The van der Waals surface area contributed by atoms with Crippen LogP contribution in [0.1, 0.15) is 21.3 Å². The largest absolute Gasteiger partial charge is 0.493 e. The summed E-state index contributed by atoms with van der Waals surface area (Å²) in [6, 6.07) is 3.68. The van der Waals surface area contributed by atoms with E-state index in [4.69, 9.17) is 14.6 Å². The lowest BCUT2D eigenvalue weighted by molar-refractivity contribution is 0.0691. The SMILES string of the molecule is COc1cc2nc(C)n(Cc3nc(C(=O)O)cs3)c2cc1OC. The molecule has 3 rings (SSSR count). The zero-order valence-corrected chi connectivity index (χ0v) is 13.7. The van der Waals surface area contributed by atoms with E-state index in [2.05, 4.69) is 9.97 Å². The van der Waals surface area contributed by atoms with Gasteiger partial charge in [-0.3, -0.25) is 0 Å². The van der Waals surface area contributed by atoms with Crippen molar-refractivity contribution in [2.75, 3.05) is 14.2 Å². The molecule has 2 aromatic heterocycles.